The second kappa shape index (κ2) is 8.03. The number of hydrazine groups is 1. The fraction of sp³-hybridized carbons (Fsp3) is 0.500. The van der Waals surface area contributed by atoms with Crippen molar-refractivity contribution in [3.63, 3.8) is 0 Å². The van der Waals surface area contributed by atoms with Gasteiger partial charge < -0.3 is 4.74 Å². The molecule has 1 aromatic rings. The summed E-state index contributed by atoms with van der Waals surface area (Å²) in [5.74, 6) is 5.39. The lowest BCUT2D eigenvalue weighted by atomic mass is 10.0. The molecule has 7 heteroatoms. The molecule has 1 aromatic carbocycles. The van der Waals surface area contributed by atoms with Crippen LogP contribution >= 0.6 is 22.6 Å². The summed E-state index contributed by atoms with van der Waals surface area (Å²) in [6.07, 6.45) is -3.19. The lowest BCUT2D eigenvalue weighted by molar-refractivity contribution is -0.174. The van der Waals surface area contributed by atoms with Gasteiger partial charge in [0.2, 0.25) is 0 Å². The van der Waals surface area contributed by atoms with Crippen molar-refractivity contribution in [1.82, 2.24) is 5.43 Å². The van der Waals surface area contributed by atoms with Gasteiger partial charge in [0.25, 0.3) is 0 Å². The van der Waals surface area contributed by atoms with Crippen molar-refractivity contribution in [2.45, 2.75) is 25.1 Å². The van der Waals surface area contributed by atoms with Crippen molar-refractivity contribution in [2.75, 3.05) is 13.2 Å². The molecule has 0 bridgehead atoms. The molecule has 1 rings (SSSR count). The van der Waals surface area contributed by atoms with Gasteiger partial charge in [-0.05, 0) is 53.1 Å². The number of rotatable bonds is 7. The number of alkyl halides is 3. The first-order chi connectivity index (χ1) is 8.90. The van der Waals surface area contributed by atoms with Gasteiger partial charge in [-0.2, -0.15) is 13.2 Å². The molecule has 0 heterocycles. The minimum atomic E-state index is -4.28. The normalized spacial score (nSPS) is 13.5. The van der Waals surface area contributed by atoms with Crippen LogP contribution in [-0.2, 0) is 11.2 Å². The van der Waals surface area contributed by atoms with Crippen LogP contribution in [0.3, 0.4) is 0 Å². The Morgan fingerprint density at radius 1 is 1.26 bits per heavy atom. The first kappa shape index (κ1) is 16.7. The monoisotopic (exact) mass is 388 g/mol. The van der Waals surface area contributed by atoms with Crippen molar-refractivity contribution in [2.24, 2.45) is 5.84 Å². The summed E-state index contributed by atoms with van der Waals surface area (Å²) in [4.78, 5) is 0. The molecule has 3 nitrogen and oxygen atoms in total. The molecule has 0 aliphatic heterocycles. The van der Waals surface area contributed by atoms with E-state index in [1.54, 1.807) is 0 Å². The first-order valence-corrected chi connectivity index (χ1v) is 6.83. The van der Waals surface area contributed by atoms with Crippen molar-refractivity contribution in [3.05, 3.63) is 33.4 Å². The molecule has 0 fully saturated rings. The fourth-order valence-electron chi connectivity index (χ4n) is 1.56. The van der Waals surface area contributed by atoms with E-state index in [0.29, 0.717) is 12.8 Å². The van der Waals surface area contributed by atoms with Gasteiger partial charge in [-0.3, -0.25) is 11.3 Å². The molecule has 0 saturated heterocycles. The summed E-state index contributed by atoms with van der Waals surface area (Å²) in [7, 11) is 0. The highest BCUT2D eigenvalue weighted by Crippen LogP contribution is 2.15. The Labute approximate surface area is 123 Å². The van der Waals surface area contributed by atoms with Crippen molar-refractivity contribution >= 4 is 22.6 Å². The maximum atomic E-state index is 11.9. The molecule has 3 N–H and O–H groups in total. The number of ether oxygens (including phenoxy) is 1. The number of hydrogen-bond donors (Lipinski definition) is 2. The zero-order chi connectivity index (χ0) is 14.3. The van der Waals surface area contributed by atoms with Crippen LogP contribution in [0.15, 0.2) is 24.3 Å². The minimum absolute atomic E-state index is 0.0265. The van der Waals surface area contributed by atoms with Crippen LogP contribution < -0.4 is 11.3 Å². The fourth-order valence-corrected chi connectivity index (χ4v) is 1.92. The molecule has 0 amide bonds. The molecule has 1 atom stereocenters. The van der Waals surface area contributed by atoms with Crippen molar-refractivity contribution in [3.8, 4) is 0 Å². The van der Waals surface area contributed by atoms with Gasteiger partial charge in [0.15, 0.2) is 0 Å². The van der Waals surface area contributed by atoms with E-state index in [1.807, 2.05) is 24.3 Å². The topological polar surface area (TPSA) is 47.3 Å². The Bertz CT molecular complexity index is 370. The van der Waals surface area contributed by atoms with Gasteiger partial charge in [-0.1, -0.05) is 12.1 Å². The van der Waals surface area contributed by atoms with Gasteiger partial charge in [-0.25, -0.2) is 0 Å². The molecule has 0 saturated carbocycles. The van der Waals surface area contributed by atoms with E-state index in [4.69, 9.17) is 5.84 Å². The Hall–Kier alpha value is -0.380. The predicted molar refractivity (Wildman–Crippen MR) is 75.5 cm³/mol. The second-order valence-corrected chi connectivity index (χ2v) is 5.40. The van der Waals surface area contributed by atoms with Gasteiger partial charge in [0.1, 0.15) is 6.61 Å². The smallest absolute Gasteiger partial charge is 0.372 e. The van der Waals surface area contributed by atoms with Crippen molar-refractivity contribution in [1.29, 1.82) is 0 Å². The maximum absolute atomic E-state index is 11.9. The van der Waals surface area contributed by atoms with Crippen molar-refractivity contribution < 1.29 is 17.9 Å². The van der Waals surface area contributed by atoms with Crippen LogP contribution in [0.25, 0.3) is 0 Å². The van der Waals surface area contributed by atoms with Gasteiger partial charge in [0.05, 0.1) is 0 Å². The predicted octanol–water partition coefficient (Wildman–Crippen LogP) is 2.63. The van der Waals surface area contributed by atoms with Gasteiger partial charge >= 0.3 is 6.18 Å². The number of halogens is 4. The molecule has 0 aliphatic rings. The number of benzene rings is 1. The molecule has 0 aromatic heterocycles. The van der Waals surface area contributed by atoms with Crippen LogP contribution in [0.1, 0.15) is 12.0 Å². The second-order valence-electron chi connectivity index (χ2n) is 4.15. The Kier molecular flexibility index (Phi) is 7.05. The van der Waals surface area contributed by atoms with Crippen LogP contribution in [0.2, 0.25) is 0 Å². The lowest BCUT2D eigenvalue weighted by Gasteiger charge is -2.16. The third kappa shape index (κ3) is 7.71. The van der Waals surface area contributed by atoms with E-state index in [0.717, 1.165) is 9.13 Å². The van der Waals surface area contributed by atoms with E-state index in [1.165, 1.54) is 0 Å². The molecular formula is C12H16F3IN2O. The third-order valence-corrected chi connectivity index (χ3v) is 3.23. The summed E-state index contributed by atoms with van der Waals surface area (Å²) >= 11 is 2.21. The van der Waals surface area contributed by atoms with Crippen LogP contribution in [0.5, 0.6) is 0 Å². The summed E-state index contributed by atoms with van der Waals surface area (Å²) < 4.78 is 41.3. The Morgan fingerprint density at radius 2 is 1.89 bits per heavy atom. The molecule has 108 valence electrons. The zero-order valence-corrected chi connectivity index (χ0v) is 12.4. The molecule has 0 spiro atoms. The maximum Gasteiger partial charge on any atom is 0.411 e. The van der Waals surface area contributed by atoms with Crippen LogP contribution in [-0.4, -0.2) is 25.4 Å². The quantitative estimate of drug-likeness (QED) is 0.327. The van der Waals surface area contributed by atoms with Gasteiger partial charge in [-0.15, -0.1) is 0 Å². The average Bonchev–Trinajstić information content (AvgIpc) is 2.34. The van der Waals surface area contributed by atoms with E-state index in [9.17, 15) is 13.2 Å². The average molecular weight is 388 g/mol. The third-order valence-electron chi connectivity index (χ3n) is 2.51. The van der Waals surface area contributed by atoms with E-state index in [2.05, 4.69) is 32.8 Å². The van der Waals surface area contributed by atoms with Gasteiger partial charge in [0, 0.05) is 16.2 Å². The largest absolute Gasteiger partial charge is 0.411 e. The SMILES string of the molecule is NNC(CCOCC(F)(F)F)Cc1ccc(I)cc1. The highest BCUT2D eigenvalue weighted by molar-refractivity contribution is 14.1. The van der Waals surface area contributed by atoms with E-state index in [-0.39, 0.29) is 12.6 Å². The van der Waals surface area contributed by atoms with Crippen LogP contribution in [0, 0.1) is 3.57 Å². The molecular weight excluding hydrogens is 372 g/mol. The molecule has 0 aliphatic carbocycles. The number of nitrogens with two attached hydrogens (primary N) is 1. The molecule has 1 unspecified atom stereocenters. The summed E-state index contributed by atoms with van der Waals surface area (Å²) in [5.41, 5.74) is 3.68. The zero-order valence-electron chi connectivity index (χ0n) is 10.2. The highest BCUT2D eigenvalue weighted by Gasteiger charge is 2.27. The Balaban J connectivity index is 2.31. The highest BCUT2D eigenvalue weighted by atomic mass is 127. The Morgan fingerprint density at radius 3 is 2.42 bits per heavy atom. The summed E-state index contributed by atoms with van der Waals surface area (Å²) in [6.45, 7) is -1.19. The summed E-state index contributed by atoms with van der Waals surface area (Å²) in [6, 6.07) is 7.80. The minimum Gasteiger partial charge on any atom is -0.372 e. The van der Waals surface area contributed by atoms with E-state index < -0.39 is 12.8 Å². The first-order valence-electron chi connectivity index (χ1n) is 5.76. The number of hydrogen-bond acceptors (Lipinski definition) is 3. The van der Waals surface area contributed by atoms with Crippen LogP contribution in [0.4, 0.5) is 13.2 Å². The summed E-state index contributed by atoms with van der Waals surface area (Å²) in [5, 5.41) is 0. The van der Waals surface area contributed by atoms with E-state index >= 15 is 0 Å². The number of nitrogens with one attached hydrogen (secondary N) is 1. The molecule has 19 heavy (non-hydrogen) atoms. The standard InChI is InChI=1S/C12H16F3IN2O/c13-12(14,15)8-19-6-5-11(18-17)7-9-1-3-10(16)4-2-9/h1-4,11,18H,5-8,17H2. The molecule has 0 radical (unpaired) electrons. The lowest BCUT2D eigenvalue weighted by Crippen LogP contribution is -2.37.